The van der Waals surface area contributed by atoms with E-state index in [1.165, 1.54) is 25.2 Å². The molecule has 0 aliphatic heterocycles. The molecule has 4 nitrogen and oxygen atoms in total. The van der Waals surface area contributed by atoms with Crippen molar-refractivity contribution in [1.29, 1.82) is 0 Å². The third-order valence-electron chi connectivity index (χ3n) is 1.65. The molecule has 0 heterocycles. The van der Waals surface area contributed by atoms with Crippen LogP contribution in [0.2, 0.25) is 0 Å². The standard InChI is InChI=1S/C9H10F3N3O/c1-14(2)13-15(16)8-5-3-4-7(6-8)9(10,11)12/h3-6H,1-2H3. The first kappa shape index (κ1) is 12.3. The van der Waals surface area contributed by atoms with Crippen LogP contribution in [0.4, 0.5) is 18.9 Å². The van der Waals surface area contributed by atoms with Gasteiger partial charge in [-0.05, 0) is 18.2 Å². The van der Waals surface area contributed by atoms with Crippen LogP contribution in [0.3, 0.4) is 0 Å². The van der Waals surface area contributed by atoms with Crippen molar-refractivity contribution in [3.63, 3.8) is 0 Å². The van der Waals surface area contributed by atoms with Crippen molar-refractivity contribution < 1.29 is 18.0 Å². The maximum absolute atomic E-state index is 12.3. The second kappa shape index (κ2) is 4.38. The number of alkyl halides is 3. The van der Waals surface area contributed by atoms with Gasteiger partial charge in [-0.25, -0.2) is 0 Å². The summed E-state index contributed by atoms with van der Waals surface area (Å²) < 4.78 is 37.0. The van der Waals surface area contributed by atoms with Gasteiger partial charge in [-0.15, -0.1) is 4.86 Å². The topological polar surface area (TPSA) is 41.7 Å². The number of hydrogen-bond donors (Lipinski definition) is 0. The Bertz CT molecular complexity index is 401. The molecule has 0 aliphatic carbocycles. The molecule has 0 bridgehead atoms. The van der Waals surface area contributed by atoms with Crippen molar-refractivity contribution in [3.05, 3.63) is 35.0 Å². The molecule has 0 atom stereocenters. The van der Waals surface area contributed by atoms with E-state index in [1.807, 2.05) is 0 Å². The smallest absolute Gasteiger partial charge is 0.416 e. The van der Waals surface area contributed by atoms with E-state index < -0.39 is 11.7 Å². The summed E-state index contributed by atoms with van der Waals surface area (Å²) in [4.78, 5) is 0.134. The first-order valence-electron chi connectivity index (χ1n) is 4.34. The van der Waals surface area contributed by atoms with E-state index in [-0.39, 0.29) is 10.5 Å². The fourth-order valence-corrected chi connectivity index (χ4v) is 1.02. The molecule has 0 aromatic heterocycles. The van der Waals surface area contributed by atoms with Crippen molar-refractivity contribution in [3.8, 4) is 0 Å². The average molecular weight is 233 g/mol. The lowest BCUT2D eigenvalue weighted by Gasteiger charge is -2.10. The molecule has 0 saturated heterocycles. The summed E-state index contributed by atoms with van der Waals surface area (Å²) in [7, 11) is 3.00. The highest BCUT2D eigenvalue weighted by Crippen LogP contribution is 2.31. The summed E-state index contributed by atoms with van der Waals surface area (Å²) >= 11 is 0. The molecule has 0 fully saturated rings. The molecule has 0 N–H and O–H groups in total. The number of nitrogens with zero attached hydrogens (tertiary/aromatic N) is 3. The number of hydrogen-bond acceptors (Lipinski definition) is 2. The van der Waals surface area contributed by atoms with Gasteiger partial charge in [0.05, 0.1) is 24.9 Å². The Labute approximate surface area is 90.2 Å². The first-order valence-corrected chi connectivity index (χ1v) is 4.34. The van der Waals surface area contributed by atoms with Crippen LogP contribution in [0.5, 0.6) is 0 Å². The van der Waals surface area contributed by atoms with Crippen molar-refractivity contribution in [1.82, 2.24) is 5.01 Å². The van der Waals surface area contributed by atoms with Crippen LogP contribution in [-0.2, 0) is 6.18 Å². The van der Waals surface area contributed by atoms with Gasteiger partial charge in [0.1, 0.15) is 0 Å². The Hall–Kier alpha value is -1.79. The van der Waals surface area contributed by atoms with Gasteiger partial charge in [-0.1, -0.05) is 6.07 Å². The van der Waals surface area contributed by atoms with Gasteiger partial charge in [0.25, 0.3) is 0 Å². The van der Waals surface area contributed by atoms with Crippen molar-refractivity contribution >= 4 is 5.69 Å². The van der Waals surface area contributed by atoms with Crippen LogP contribution in [0.25, 0.3) is 0 Å². The summed E-state index contributed by atoms with van der Waals surface area (Å²) in [6.07, 6.45) is -4.46. The molecule has 1 aromatic rings. The highest BCUT2D eigenvalue weighted by molar-refractivity contribution is 5.35. The number of benzene rings is 1. The van der Waals surface area contributed by atoms with Crippen molar-refractivity contribution in [2.24, 2.45) is 5.22 Å². The number of halogens is 3. The molecular formula is C9H10F3N3O. The third-order valence-corrected chi connectivity index (χ3v) is 1.65. The zero-order chi connectivity index (χ0) is 12.3. The summed E-state index contributed by atoms with van der Waals surface area (Å²) in [5.41, 5.74) is -1.04. The Morgan fingerprint density at radius 1 is 1.31 bits per heavy atom. The van der Waals surface area contributed by atoms with Crippen LogP contribution in [-0.4, -0.2) is 24.0 Å². The van der Waals surface area contributed by atoms with E-state index >= 15 is 0 Å². The first-order chi connectivity index (χ1) is 7.30. The SMILES string of the molecule is CN(C)N=[N+]([O-])c1cccc(C(F)(F)F)c1. The minimum atomic E-state index is -4.46. The van der Waals surface area contributed by atoms with E-state index in [0.717, 1.165) is 18.2 Å². The second-order valence-electron chi connectivity index (χ2n) is 3.26. The Kier molecular flexibility index (Phi) is 3.36. The molecular weight excluding hydrogens is 223 g/mol. The van der Waals surface area contributed by atoms with Gasteiger partial charge < -0.3 is 5.21 Å². The van der Waals surface area contributed by atoms with Crippen LogP contribution in [0.1, 0.15) is 5.56 Å². The normalized spacial score (nSPS) is 12.7. The van der Waals surface area contributed by atoms with Crippen LogP contribution in [0, 0.1) is 5.21 Å². The van der Waals surface area contributed by atoms with Crippen LogP contribution >= 0.6 is 0 Å². The van der Waals surface area contributed by atoms with E-state index in [9.17, 15) is 18.4 Å². The predicted octanol–water partition coefficient (Wildman–Crippen LogP) is 2.78. The molecule has 0 unspecified atom stereocenters. The average Bonchev–Trinajstić information content (AvgIpc) is 2.15. The molecule has 0 radical (unpaired) electrons. The lowest BCUT2D eigenvalue weighted by molar-refractivity contribution is -0.459. The van der Waals surface area contributed by atoms with E-state index in [1.54, 1.807) is 0 Å². The van der Waals surface area contributed by atoms with Gasteiger partial charge in [0.15, 0.2) is 5.69 Å². The summed E-state index contributed by atoms with van der Waals surface area (Å²) in [5, 5.41) is 15.9. The van der Waals surface area contributed by atoms with Crippen molar-refractivity contribution in [2.75, 3.05) is 14.1 Å². The molecule has 1 rings (SSSR count). The maximum atomic E-state index is 12.3. The lowest BCUT2D eigenvalue weighted by atomic mass is 10.2. The molecule has 0 amide bonds. The Morgan fingerprint density at radius 3 is 2.44 bits per heavy atom. The predicted molar refractivity (Wildman–Crippen MR) is 50.8 cm³/mol. The van der Waals surface area contributed by atoms with Crippen LogP contribution < -0.4 is 0 Å². The van der Waals surface area contributed by atoms with Gasteiger partial charge in [0, 0.05) is 0 Å². The Morgan fingerprint density at radius 2 is 1.94 bits per heavy atom. The zero-order valence-electron chi connectivity index (χ0n) is 8.69. The molecule has 7 heteroatoms. The minimum Gasteiger partial charge on any atom is -0.691 e. The molecule has 0 spiro atoms. The monoisotopic (exact) mass is 233 g/mol. The summed E-state index contributed by atoms with van der Waals surface area (Å²) in [6.45, 7) is 0. The summed E-state index contributed by atoms with van der Waals surface area (Å²) in [5.74, 6) is 0. The molecule has 1 aromatic carbocycles. The minimum absolute atomic E-state index is 0.134. The van der Waals surface area contributed by atoms with E-state index in [0.29, 0.717) is 0 Å². The molecule has 0 aliphatic rings. The summed E-state index contributed by atoms with van der Waals surface area (Å²) in [6, 6.07) is 4.07. The zero-order valence-corrected chi connectivity index (χ0v) is 8.69. The fraction of sp³-hybridized carbons (Fsp3) is 0.333. The van der Waals surface area contributed by atoms with Gasteiger partial charge >= 0.3 is 6.18 Å². The van der Waals surface area contributed by atoms with Crippen molar-refractivity contribution in [2.45, 2.75) is 6.18 Å². The lowest BCUT2D eigenvalue weighted by Crippen LogP contribution is -2.08. The van der Waals surface area contributed by atoms with E-state index in [4.69, 9.17) is 0 Å². The van der Waals surface area contributed by atoms with Gasteiger partial charge in [-0.3, -0.25) is 0 Å². The van der Waals surface area contributed by atoms with Crippen LogP contribution in [0.15, 0.2) is 29.5 Å². The largest absolute Gasteiger partial charge is 0.691 e. The van der Waals surface area contributed by atoms with Gasteiger partial charge in [-0.2, -0.15) is 18.2 Å². The highest BCUT2D eigenvalue weighted by atomic mass is 19.4. The molecule has 88 valence electrons. The van der Waals surface area contributed by atoms with E-state index in [2.05, 4.69) is 5.22 Å². The fourth-order valence-electron chi connectivity index (χ4n) is 1.02. The Balaban J connectivity index is 3.09. The number of rotatable bonds is 2. The quantitative estimate of drug-likeness (QED) is 0.447. The molecule has 16 heavy (non-hydrogen) atoms. The van der Waals surface area contributed by atoms with Gasteiger partial charge in [0.2, 0.25) is 0 Å². The second-order valence-corrected chi connectivity index (χ2v) is 3.26. The highest BCUT2D eigenvalue weighted by Gasteiger charge is 2.30. The maximum Gasteiger partial charge on any atom is 0.416 e. The molecule has 0 saturated carbocycles. The third kappa shape index (κ3) is 3.11.